The molecule has 0 atom stereocenters. The van der Waals surface area contributed by atoms with E-state index in [-0.39, 0.29) is 12.1 Å². The molecule has 0 radical (unpaired) electrons. The van der Waals surface area contributed by atoms with Gasteiger partial charge in [0, 0.05) is 12.1 Å². The molecule has 0 aliphatic heterocycles. The minimum Gasteiger partial charge on any atom is -0.465 e. The fourth-order valence-corrected chi connectivity index (χ4v) is 1.87. The average Bonchev–Trinajstić information content (AvgIpc) is 2.46. The highest BCUT2D eigenvalue weighted by molar-refractivity contribution is 5.90. The maximum Gasteiger partial charge on any atom is 0.339 e. The van der Waals surface area contributed by atoms with Crippen molar-refractivity contribution in [2.75, 3.05) is 12.4 Å². The van der Waals surface area contributed by atoms with E-state index in [0.29, 0.717) is 17.1 Å². The molecule has 2 aromatic rings. The number of ether oxygens (including phenoxy) is 1. The molecule has 0 fully saturated rings. The Morgan fingerprint density at radius 3 is 2.48 bits per heavy atom. The highest BCUT2D eigenvalue weighted by Crippen LogP contribution is 2.16. The zero-order valence-electron chi connectivity index (χ0n) is 11.6. The first-order chi connectivity index (χ1) is 10.0. The van der Waals surface area contributed by atoms with Crippen LogP contribution in [0.2, 0.25) is 0 Å². The van der Waals surface area contributed by atoms with Crippen LogP contribution in [0, 0.1) is 18.6 Å². The van der Waals surface area contributed by atoms with Gasteiger partial charge in [0.1, 0.15) is 17.5 Å². The lowest BCUT2D eigenvalue weighted by Gasteiger charge is -2.10. The van der Waals surface area contributed by atoms with Crippen LogP contribution in [0.4, 0.5) is 14.6 Å². The van der Waals surface area contributed by atoms with Crippen molar-refractivity contribution in [1.82, 2.24) is 4.98 Å². The van der Waals surface area contributed by atoms with Gasteiger partial charge < -0.3 is 10.1 Å². The van der Waals surface area contributed by atoms with Crippen molar-refractivity contribution in [1.29, 1.82) is 0 Å². The Labute approximate surface area is 120 Å². The predicted octanol–water partition coefficient (Wildman–Crippen LogP) is 3.07. The van der Waals surface area contributed by atoms with Crippen LogP contribution in [0.1, 0.15) is 21.6 Å². The highest BCUT2D eigenvalue weighted by atomic mass is 19.1. The van der Waals surface area contributed by atoms with Gasteiger partial charge in [-0.25, -0.2) is 18.6 Å². The molecule has 0 amide bonds. The zero-order valence-corrected chi connectivity index (χ0v) is 11.6. The average molecular weight is 292 g/mol. The lowest BCUT2D eigenvalue weighted by atomic mass is 10.2. The minimum absolute atomic E-state index is 0.0392. The molecular weight excluding hydrogens is 278 g/mol. The van der Waals surface area contributed by atoms with E-state index in [1.165, 1.54) is 25.3 Å². The summed E-state index contributed by atoms with van der Waals surface area (Å²) in [6.45, 7) is 1.61. The molecule has 0 spiro atoms. The third-order valence-electron chi connectivity index (χ3n) is 3.00. The maximum atomic E-state index is 13.5. The van der Waals surface area contributed by atoms with Crippen LogP contribution in [0.25, 0.3) is 0 Å². The molecule has 1 N–H and O–H groups in total. The van der Waals surface area contributed by atoms with Crippen LogP contribution in [0.3, 0.4) is 0 Å². The molecular formula is C15H14F2N2O2. The highest BCUT2D eigenvalue weighted by Gasteiger charge is 2.12. The number of nitrogens with one attached hydrogen (secondary N) is 1. The van der Waals surface area contributed by atoms with Gasteiger partial charge in [0.15, 0.2) is 0 Å². The molecule has 0 saturated heterocycles. The van der Waals surface area contributed by atoms with Crippen LogP contribution in [0.15, 0.2) is 30.3 Å². The van der Waals surface area contributed by atoms with Crippen LogP contribution in [0.5, 0.6) is 0 Å². The molecule has 110 valence electrons. The second kappa shape index (κ2) is 6.30. The number of rotatable bonds is 4. The number of esters is 1. The van der Waals surface area contributed by atoms with E-state index >= 15 is 0 Å². The molecule has 0 unspecified atom stereocenters. The molecule has 0 aliphatic rings. The summed E-state index contributed by atoms with van der Waals surface area (Å²) < 4.78 is 31.6. The fraction of sp³-hybridized carbons (Fsp3) is 0.200. The van der Waals surface area contributed by atoms with E-state index < -0.39 is 17.6 Å². The lowest BCUT2D eigenvalue weighted by molar-refractivity contribution is 0.0599. The number of carbonyl (C=O) groups excluding carboxylic acids is 1. The van der Waals surface area contributed by atoms with Crippen molar-refractivity contribution in [2.24, 2.45) is 0 Å². The summed E-state index contributed by atoms with van der Waals surface area (Å²) in [6.07, 6.45) is 0. The third kappa shape index (κ3) is 3.34. The normalized spacial score (nSPS) is 10.3. The number of hydrogen-bond acceptors (Lipinski definition) is 4. The largest absolute Gasteiger partial charge is 0.465 e. The van der Waals surface area contributed by atoms with E-state index in [1.54, 1.807) is 19.1 Å². The van der Waals surface area contributed by atoms with Gasteiger partial charge in [-0.05, 0) is 31.2 Å². The Bertz CT molecular complexity index is 654. The number of aryl methyl sites for hydroxylation is 1. The summed E-state index contributed by atoms with van der Waals surface area (Å²) in [7, 11) is 1.29. The van der Waals surface area contributed by atoms with Crippen molar-refractivity contribution in [3.63, 3.8) is 0 Å². The SMILES string of the molecule is COC(=O)c1ccc(NCc2c(F)cccc2F)nc1C. The fourth-order valence-electron chi connectivity index (χ4n) is 1.87. The van der Waals surface area contributed by atoms with Crippen molar-refractivity contribution in [3.05, 3.63) is 58.8 Å². The van der Waals surface area contributed by atoms with Gasteiger partial charge in [-0.2, -0.15) is 0 Å². The first kappa shape index (κ1) is 14.9. The number of pyridine rings is 1. The van der Waals surface area contributed by atoms with Gasteiger partial charge in [-0.1, -0.05) is 6.07 Å². The first-order valence-electron chi connectivity index (χ1n) is 6.25. The van der Waals surface area contributed by atoms with Crippen LogP contribution < -0.4 is 5.32 Å². The number of methoxy groups -OCH3 is 1. The number of hydrogen-bond donors (Lipinski definition) is 1. The third-order valence-corrected chi connectivity index (χ3v) is 3.00. The van der Waals surface area contributed by atoms with Crippen molar-refractivity contribution >= 4 is 11.8 Å². The van der Waals surface area contributed by atoms with Crippen LogP contribution >= 0.6 is 0 Å². The van der Waals surface area contributed by atoms with Gasteiger partial charge in [-0.3, -0.25) is 0 Å². The van der Waals surface area contributed by atoms with Crippen molar-refractivity contribution < 1.29 is 18.3 Å². The summed E-state index contributed by atoms with van der Waals surface area (Å²) in [4.78, 5) is 15.6. The second-order valence-corrected chi connectivity index (χ2v) is 4.37. The summed E-state index contributed by atoms with van der Waals surface area (Å²) in [6, 6.07) is 6.80. The van der Waals surface area contributed by atoms with Crippen molar-refractivity contribution in [3.8, 4) is 0 Å². The molecule has 4 nitrogen and oxygen atoms in total. The summed E-state index contributed by atoms with van der Waals surface area (Å²) in [5.74, 6) is -1.30. The Balaban J connectivity index is 2.14. The number of carbonyl (C=O) groups is 1. The molecule has 0 aliphatic carbocycles. The molecule has 0 bridgehead atoms. The molecule has 6 heteroatoms. The molecule has 1 aromatic heterocycles. The van der Waals surface area contributed by atoms with Gasteiger partial charge >= 0.3 is 5.97 Å². The van der Waals surface area contributed by atoms with Gasteiger partial charge in [-0.15, -0.1) is 0 Å². The van der Waals surface area contributed by atoms with E-state index in [0.717, 1.165) is 0 Å². The molecule has 1 aromatic carbocycles. The summed E-state index contributed by atoms with van der Waals surface area (Å²) in [5, 5.41) is 2.82. The second-order valence-electron chi connectivity index (χ2n) is 4.37. The predicted molar refractivity (Wildman–Crippen MR) is 74.0 cm³/mol. The van der Waals surface area contributed by atoms with E-state index in [1.807, 2.05) is 0 Å². The van der Waals surface area contributed by atoms with Gasteiger partial charge in [0.25, 0.3) is 0 Å². The van der Waals surface area contributed by atoms with Gasteiger partial charge in [0.2, 0.25) is 0 Å². The smallest absolute Gasteiger partial charge is 0.339 e. The van der Waals surface area contributed by atoms with E-state index in [9.17, 15) is 13.6 Å². The number of anilines is 1. The molecule has 0 saturated carbocycles. The van der Waals surface area contributed by atoms with Crippen LogP contribution in [-0.4, -0.2) is 18.1 Å². The lowest BCUT2D eigenvalue weighted by Crippen LogP contribution is -2.09. The maximum absolute atomic E-state index is 13.5. The zero-order chi connectivity index (χ0) is 15.4. The van der Waals surface area contributed by atoms with Gasteiger partial charge in [0.05, 0.1) is 18.4 Å². The quantitative estimate of drug-likeness (QED) is 0.880. The Hall–Kier alpha value is -2.50. The minimum atomic E-state index is -0.620. The Morgan fingerprint density at radius 2 is 1.90 bits per heavy atom. The molecule has 21 heavy (non-hydrogen) atoms. The number of aromatic nitrogens is 1. The molecule has 1 heterocycles. The first-order valence-corrected chi connectivity index (χ1v) is 6.25. The summed E-state index contributed by atoms with van der Waals surface area (Å²) >= 11 is 0. The monoisotopic (exact) mass is 292 g/mol. The van der Waals surface area contributed by atoms with E-state index in [2.05, 4.69) is 15.0 Å². The number of benzene rings is 1. The number of nitrogens with zero attached hydrogens (tertiary/aromatic N) is 1. The topological polar surface area (TPSA) is 51.2 Å². The standard InChI is InChI=1S/C15H14F2N2O2/c1-9-10(15(20)21-2)6-7-14(19-9)18-8-11-12(16)4-3-5-13(11)17/h3-7H,8H2,1-2H3,(H,18,19). The summed E-state index contributed by atoms with van der Waals surface area (Å²) in [5.41, 5.74) is 0.759. The van der Waals surface area contributed by atoms with E-state index in [4.69, 9.17) is 0 Å². The van der Waals surface area contributed by atoms with Crippen LogP contribution in [-0.2, 0) is 11.3 Å². The Kier molecular flexibility index (Phi) is 4.47. The Morgan fingerprint density at radius 1 is 1.24 bits per heavy atom. The molecule has 2 rings (SSSR count). The number of halogens is 2. The van der Waals surface area contributed by atoms with Crippen molar-refractivity contribution in [2.45, 2.75) is 13.5 Å².